The molecule has 0 aliphatic carbocycles. The smallest absolute Gasteiger partial charge is 0.318 e. The maximum Gasteiger partial charge on any atom is 0.318 e. The van der Waals surface area contributed by atoms with Gasteiger partial charge in [0.25, 0.3) is 0 Å². The van der Waals surface area contributed by atoms with E-state index in [1.807, 2.05) is 0 Å². The summed E-state index contributed by atoms with van der Waals surface area (Å²) in [5.41, 5.74) is 0. The minimum absolute atomic E-state index is 0.191. The Morgan fingerprint density at radius 3 is 2.42 bits per heavy atom. The predicted octanol–water partition coefficient (Wildman–Crippen LogP) is 1.80. The average Bonchev–Trinajstić information content (AvgIpc) is 3.11. The molecule has 7 nitrogen and oxygen atoms in total. The molecule has 9 heteroatoms. The Hall–Kier alpha value is -1.35. The minimum Gasteiger partial charge on any atom is -0.322 e. The monoisotopic (exact) mass is 400 g/mol. The van der Waals surface area contributed by atoms with Gasteiger partial charge in [-0.1, -0.05) is 18.5 Å². The van der Waals surface area contributed by atoms with Crippen LogP contribution in [-0.4, -0.2) is 74.0 Å². The Bertz CT molecular complexity index is 733. The Kier molecular flexibility index (Phi) is 6.06. The first-order valence-corrected chi connectivity index (χ1v) is 10.8. The van der Waals surface area contributed by atoms with Crippen molar-refractivity contribution in [3.63, 3.8) is 0 Å². The van der Waals surface area contributed by atoms with Crippen molar-refractivity contribution in [2.45, 2.75) is 30.8 Å². The second kappa shape index (κ2) is 8.12. The second-order valence-electron chi connectivity index (χ2n) is 6.60. The number of likely N-dealkylation sites (N-methyl/N-ethyl adjacent to an activating group) is 1. The van der Waals surface area contributed by atoms with E-state index in [9.17, 15) is 13.2 Å². The van der Waals surface area contributed by atoms with E-state index in [0.717, 1.165) is 26.1 Å². The molecule has 0 spiro atoms. The van der Waals surface area contributed by atoms with Gasteiger partial charge in [-0.15, -0.1) is 0 Å². The van der Waals surface area contributed by atoms with Crippen LogP contribution in [0.3, 0.4) is 0 Å². The van der Waals surface area contributed by atoms with Gasteiger partial charge >= 0.3 is 6.03 Å². The predicted molar refractivity (Wildman–Crippen MR) is 101 cm³/mol. The van der Waals surface area contributed by atoms with Crippen molar-refractivity contribution < 1.29 is 13.2 Å². The molecule has 0 aromatic heterocycles. The zero-order valence-electron chi connectivity index (χ0n) is 14.9. The van der Waals surface area contributed by atoms with Gasteiger partial charge in [0.05, 0.1) is 11.1 Å². The van der Waals surface area contributed by atoms with E-state index in [-0.39, 0.29) is 10.9 Å². The zero-order chi connectivity index (χ0) is 18.7. The molecule has 1 aromatic rings. The molecule has 1 N–H and O–H groups in total. The van der Waals surface area contributed by atoms with Gasteiger partial charge in [-0.2, -0.15) is 4.31 Å². The number of carbonyl (C=O) groups excluding carboxylic acids is 1. The Morgan fingerprint density at radius 1 is 1.15 bits per heavy atom. The second-order valence-corrected chi connectivity index (χ2v) is 8.93. The molecule has 3 rings (SSSR count). The number of halogens is 1. The van der Waals surface area contributed by atoms with E-state index in [1.54, 1.807) is 17.0 Å². The van der Waals surface area contributed by atoms with Gasteiger partial charge < -0.3 is 15.1 Å². The molecule has 26 heavy (non-hydrogen) atoms. The first-order valence-electron chi connectivity index (χ1n) is 8.97. The van der Waals surface area contributed by atoms with Crippen molar-refractivity contribution in [1.82, 2.24) is 19.4 Å². The van der Waals surface area contributed by atoms with Crippen LogP contribution in [0.2, 0.25) is 5.02 Å². The van der Waals surface area contributed by atoms with Crippen molar-refractivity contribution in [2.24, 2.45) is 0 Å². The summed E-state index contributed by atoms with van der Waals surface area (Å²) in [6.07, 6.45) is 0.835. The lowest BCUT2D eigenvalue weighted by atomic mass is 10.3. The number of piperazine rings is 1. The van der Waals surface area contributed by atoms with Gasteiger partial charge in [-0.25, -0.2) is 13.2 Å². The van der Waals surface area contributed by atoms with Crippen LogP contribution in [0.25, 0.3) is 0 Å². The van der Waals surface area contributed by atoms with Crippen molar-refractivity contribution in [1.29, 1.82) is 0 Å². The van der Waals surface area contributed by atoms with Crippen LogP contribution in [0.1, 0.15) is 19.8 Å². The van der Waals surface area contributed by atoms with Crippen LogP contribution < -0.4 is 5.32 Å². The first kappa shape index (κ1) is 19.4. The fourth-order valence-corrected chi connectivity index (χ4v) is 5.15. The van der Waals surface area contributed by atoms with Gasteiger partial charge in [0, 0.05) is 37.7 Å². The number of hydrogen-bond donors (Lipinski definition) is 1. The van der Waals surface area contributed by atoms with Crippen LogP contribution in [0.15, 0.2) is 29.2 Å². The molecule has 2 saturated heterocycles. The summed E-state index contributed by atoms with van der Waals surface area (Å²) in [6, 6.07) is 5.93. The number of carbonyl (C=O) groups is 1. The van der Waals surface area contributed by atoms with Crippen LogP contribution in [0.5, 0.6) is 0 Å². The molecule has 2 aliphatic heterocycles. The quantitative estimate of drug-likeness (QED) is 0.836. The van der Waals surface area contributed by atoms with E-state index in [2.05, 4.69) is 17.1 Å². The normalized spacial score (nSPS) is 22.5. The fourth-order valence-electron chi connectivity index (χ4n) is 3.42. The van der Waals surface area contributed by atoms with Crippen LogP contribution in [-0.2, 0) is 10.0 Å². The van der Waals surface area contributed by atoms with E-state index < -0.39 is 16.2 Å². The number of benzene rings is 1. The summed E-state index contributed by atoms with van der Waals surface area (Å²) in [4.78, 5) is 16.8. The Morgan fingerprint density at radius 2 is 1.81 bits per heavy atom. The molecule has 1 atom stereocenters. The van der Waals surface area contributed by atoms with E-state index in [0.29, 0.717) is 31.1 Å². The molecule has 0 bridgehead atoms. The van der Waals surface area contributed by atoms with Crippen LogP contribution in [0, 0.1) is 0 Å². The van der Waals surface area contributed by atoms with Crippen molar-refractivity contribution in [3.8, 4) is 0 Å². The summed E-state index contributed by atoms with van der Waals surface area (Å²) in [6.45, 7) is 6.51. The molecule has 1 aromatic carbocycles. The number of sulfonamides is 1. The summed E-state index contributed by atoms with van der Waals surface area (Å²) >= 11 is 5.85. The lowest BCUT2D eigenvalue weighted by molar-refractivity contribution is 0.137. The molecular formula is C17H25ClN4O3S. The number of rotatable bonds is 4. The third-order valence-electron chi connectivity index (χ3n) is 5.02. The molecule has 2 aliphatic rings. The largest absolute Gasteiger partial charge is 0.322 e. The van der Waals surface area contributed by atoms with Gasteiger partial charge in [-0.05, 0) is 43.7 Å². The molecule has 0 radical (unpaired) electrons. The zero-order valence-corrected chi connectivity index (χ0v) is 16.5. The van der Waals surface area contributed by atoms with E-state index >= 15 is 0 Å². The summed E-state index contributed by atoms with van der Waals surface area (Å²) in [5.74, 6) is 0. The molecule has 2 heterocycles. The molecule has 2 amide bonds. The molecule has 0 saturated carbocycles. The van der Waals surface area contributed by atoms with E-state index in [1.165, 1.54) is 16.4 Å². The highest BCUT2D eigenvalue weighted by Gasteiger charge is 2.37. The third kappa shape index (κ3) is 4.14. The fraction of sp³-hybridized carbons (Fsp3) is 0.588. The summed E-state index contributed by atoms with van der Waals surface area (Å²) in [7, 11) is -3.66. The summed E-state index contributed by atoms with van der Waals surface area (Å²) in [5, 5.41) is 3.40. The maximum atomic E-state index is 12.9. The number of urea groups is 1. The average molecular weight is 401 g/mol. The maximum absolute atomic E-state index is 12.9. The van der Waals surface area contributed by atoms with Crippen molar-refractivity contribution >= 4 is 27.7 Å². The molecule has 144 valence electrons. The van der Waals surface area contributed by atoms with Gasteiger partial charge in [0.1, 0.15) is 0 Å². The SMILES string of the molecule is CCN1CCN(C(=O)N[C@@H]2CCCN2S(=O)(=O)c2ccc(Cl)cc2)CC1. The lowest BCUT2D eigenvalue weighted by Crippen LogP contribution is -2.55. The highest BCUT2D eigenvalue weighted by molar-refractivity contribution is 7.89. The summed E-state index contributed by atoms with van der Waals surface area (Å²) < 4.78 is 27.2. The highest BCUT2D eigenvalue weighted by Crippen LogP contribution is 2.25. The lowest BCUT2D eigenvalue weighted by Gasteiger charge is -2.35. The molecular weight excluding hydrogens is 376 g/mol. The number of amides is 2. The van der Waals surface area contributed by atoms with Gasteiger partial charge in [-0.3, -0.25) is 0 Å². The number of nitrogens with zero attached hydrogens (tertiary/aromatic N) is 3. The molecule has 2 fully saturated rings. The first-order chi connectivity index (χ1) is 12.4. The molecule has 0 unspecified atom stereocenters. The van der Waals surface area contributed by atoms with Crippen molar-refractivity contribution in [2.75, 3.05) is 39.3 Å². The highest BCUT2D eigenvalue weighted by atomic mass is 35.5. The Balaban J connectivity index is 1.66. The minimum atomic E-state index is -3.66. The van der Waals surface area contributed by atoms with E-state index in [4.69, 9.17) is 11.6 Å². The Labute approximate surface area is 159 Å². The standard InChI is InChI=1S/C17H25ClN4O3S/c1-2-20-10-12-21(13-11-20)17(23)19-16-4-3-9-22(16)26(24,25)15-7-5-14(18)6-8-15/h5-8,16H,2-4,9-13H2,1H3,(H,19,23)/t16-/m0/s1. The van der Waals surface area contributed by atoms with Gasteiger partial charge in [0.15, 0.2) is 0 Å². The van der Waals surface area contributed by atoms with Crippen LogP contribution >= 0.6 is 11.6 Å². The number of nitrogens with one attached hydrogen (secondary N) is 1. The third-order valence-corrected chi connectivity index (χ3v) is 7.20. The van der Waals surface area contributed by atoms with Gasteiger partial charge in [0.2, 0.25) is 10.0 Å². The van der Waals surface area contributed by atoms with Crippen LogP contribution in [0.4, 0.5) is 4.79 Å². The van der Waals surface area contributed by atoms with Crippen molar-refractivity contribution in [3.05, 3.63) is 29.3 Å². The topological polar surface area (TPSA) is 73.0 Å². The number of hydrogen-bond acceptors (Lipinski definition) is 4.